The van der Waals surface area contributed by atoms with E-state index in [2.05, 4.69) is 22.7 Å². The van der Waals surface area contributed by atoms with Crippen LogP contribution in [0.1, 0.15) is 24.6 Å². The third-order valence-corrected chi connectivity index (χ3v) is 3.73. The van der Waals surface area contributed by atoms with Gasteiger partial charge in [-0.05, 0) is 37.7 Å². The fourth-order valence-corrected chi connectivity index (χ4v) is 2.39. The van der Waals surface area contributed by atoms with E-state index in [0.717, 1.165) is 18.7 Å². The fraction of sp³-hybridized carbons (Fsp3) is 0.333. The summed E-state index contributed by atoms with van der Waals surface area (Å²) in [6, 6.07) is 6.50. The molecule has 0 spiro atoms. The van der Waals surface area contributed by atoms with E-state index >= 15 is 0 Å². The standard InChI is InChI=1S/C15H18ClFN4S/c1-3-7-18-15(22)19-14-8-10(2)21(20-14)9-11-12(16)5-4-6-13(11)17/h4-6,8H,3,7,9H2,1-2H3,(H2,18,19,20,22). The molecule has 2 aromatic rings. The van der Waals surface area contributed by atoms with Crippen molar-refractivity contribution in [2.45, 2.75) is 26.8 Å². The highest BCUT2D eigenvalue weighted by Gasteiger charge is 2.11. The molecule has 1 heterocycles. The Labute approximate surface area is 139 Å². The minimum Gasteiger partial charge on any atom is -0.362 e. The summed E-state index contributed by atoms with van der Waals surface area (Å²) in [6.07, 6.45) is 0.987. The lowest BCUT2D eigenvalue weighted by atomic mass is 10.2. The van der Waals surface area contributed by atoms with E-state index in [-0.39, 0.29) is 12.4 Å². The number of thiocarbonyl (C=S) groups is 1. The van der Waals surface area contributed by atoms with Crippen LogP contribution in [0.3, 0.4) is 0 Å². The summed E-state index contributed by atoms with van der Waals surface area (Å²) < 4.78 is 15.5. The molecule has 22 heavy (non-hydrogen) atoms. The average Bonchev–Trinajstić information content (AvgIpc) is 2.80. The minimum atomic E-state index is -0.336. The monoisotopic (exact) mass is 340 g/mol. The van der Waals surface area contributed by atoms with Gasteiger partial charge in [-0.15, -0.1) is 0 Å². The molecule has 1 aromatic heterocycles. The summed E-state index contributed by atoms with van der Waals surface area (Å²) in [6.45, 7) is 5.03. The molecule has 2 N–H and O–H groups in total. The first-order valence-electron chi connectivity index (χ1n) is 7.03. The van der Waals surface area contributed by atoms with Gasteiger partial charge in [-0.1, -0.05) is 24.6 Å². The summed E-state index contributed by atoms with van der Waals surface area (Å²) >= 11 is 11.2. The Morgan fingerprint density at radius 3 is 2.91 bits per heavy atom. The molecule has 0 aliphatic rings. The Morgan fingerprint density at radius 1 is 1.45 bits per heavy atom. The summed E-state index contributed by atoms with van der Waals surface area (Å²) in [5.74, 6) is 0.288. The van der Waals surface area contributed by atoms with Crippen LogP contribution in [0.4, 0.5) is 10.2 Å². The van der Waals surface area contributed by atoms with Gasteiger partial charge in [0.15, 0.2) is 10.9 Å². The van der Waals surface area contributed by atoms with Gasteiger partial charge in [0.25, 0.3) is 0 Å². The minimum absolute atomic E-state index is 0.272. The van der Waals surface area contributed by atoms with Crippen molar-refractivity contribution >= 4 is 34.7 Å². The maximum absolute atomic E-state index is 13.9. The number of hydrogen-bond donors (Lipinski definition) is 2. The number of aryl methyl sites for hydroxylation is 1. The molecule has 0 aliphatic carbocycles. The Hall–Kier alpha value is -1.66. The van der Waals surface area contributed by atoms with E-state index in [4.69, 9.17) is 23.8 Å². The van der Waals surface area contributed by atoms with Crippen LogP contribution in [-0.2, 0) is 6.54 Å². The van der Waals surface area contributed by atoms with Crippen molar-refractivity contribution in [3.8, 4) is 0 Å². The van der Waals surface area contributed by atoms with Gasteiger partial charge in [0.05, 0.1) is 6.54 Å². The zero-order valence-electron chi connectivity index (χ0n) is 12.5. The Kier molecular flexibility index (Phi) is 5.74. The highest BCUT2D eigenvalue weighted by molar-refractivity contribution is 7.80. The number of nitrogens with one attached hydrogen (secondary N) is 2. The predicted molar refractivity (Wildman–Crippen MR) is 92.0 cm³/mol. The molecule has 0 fully saturated rings. The molecule has 0 bridgehead atoms. The van der Waals surface area contributed by atoms with E-state index < -0.39 is 0 Å². The predicted octanol–water partition coefficient (Wildman–Crippen LogP) is 3.73. The van der Waals surface area contributed by atoms with Gasteiger partial charge in [-0.2, -0.15) is 5.10 Å². The Bertz CT molecular complexity index is 651. The van der Waals surface area contributed by atoms with Gasteiger partial charge in [-0.3, -0.25) is 4.68 Å². The van der Waals surface area contributed by atoms with Crippen molar-refractivity contribution < 1.29 is 4.39 Å². The molecule has 2 rings (SSSR count). The second-order valence-corrected chi connectivity index (χ2v) is 5.73. The van der Waals surface area contributed by atoms with Crippen LogP contribution in [0.5, 0.6) is 0 Å². The molecule has 7 heteroatoms. The van der Waals surface area contributed by atoms with Crippen LogP contribution < -0.4 is 10.6 Å². The van der Waals surface area contributed by atoms with Crippen molar-refractivity contribution in [2.75, 3.05) is 11.9 Å². The zero-order chi connectivity index (χ0) is 16.1. The number of hydrogen-bond acceptors (Lipinski definition) is 2. The van der Waals surface area contributed by atoms with Crippen LogP contribution in [-0.4, -0.2) is 21.4 Å². The highest BCUT2D eigenvalue weighted by Crippen LogP contribution is 2.21. The molecular weight excluding hydrogens is 323 g/mol. The van der Waals surface area contributed by atoms with Gasteiger partial charge in [0.2, 0.25) is 0 Å². The maximum Gasteiger partial charge on any atom is 0.171 e. The molecule has 0 saturated heterocycles. The molecular formula is C15H18ClFN4S. The van der Waals surface area contributed by atoms with Crippen LogP contribution in [0.25, 0.3) is 0 Å². The topological polar surface area (TPSA) is 41.9 Å². The number of rotatable bonds is 5. The lowest BCUT2D eigenvalue weighted by Gasteiger charge is -2.08. The van der Waals surface area contributed by atoms with Crippen molar-refractivity contribution in [3.05, 3.63) is 46.4 Å². The molecule has 1 aromatic carbocycles. The van der Waals surface area contributed by atoms with E-state index in [1.54, 1.807) is 16.8 Å². The van der Waals surface area contributed by atoms with Gasteiger partial charge in [0, 0.05) is 28.9 Å². The van der Waals surface area contributed by atoms with Crippen LogP contribution in [0.2, 0.25) is 5.02 Å². The zero-order valence-corrected chi connectivity index (χ0v) is 14.1. The molecule has 0 unspecified atom stereocenters. The molecule has 0 atom stereocenters. The second-order valence-electron chi connectivity index (χ2n) is 4.91. The maximum atomic E-state index is 13.9. The van der Waals surface area contributed by atoms with Gasteiger partial charge < -0.3 is 10.6 Å². The van der Waals surface area contributed by atoms with Crippen molar-refractivity contribution in [1.82, 2.24) is 15.1 Å². The van der Waals surface area contributed by atoms with Crippen LogP contribution >= 0.6 is 23.8 Å². The molecule has 118 valence electrons. The van der Waals surface area contributed by atoms with Crippen LogP contribution in [0, 0.1) is 12.7 Å². The summed E-state index contributed by atoms with van der Waals surface area (Å²) in [5, 5.41) is 11.4. The lowest BCUT2D eigenvalue weighted by molar-refractivity contribution is 0.581. The van der Waals surface area contributed by atoms with Gasteiger partial charge >= 0.3 is 0 Å². The smallest absolute Gasteiger partial charge is 0.171 e. The summed E-state index contributed by atoms with van der Waals surface area (Å²) in [4.78, 5) is 0. The van der Waals surface area contributed by atoms with Crippen molar-refractivity contribution in [2.24, 2.45) is 0 Å². The first-order valence-corrected chi connectivity index (χ1v) is 7.82. The third kappa shape index (κ3) is 4.18. The molecule has 4 nitrogen and oxygen atoms in total. The SMILES string of the molecule is CCCNC(=S)Nc1cc(C)n(Cc2c(F)cccc2Cl)n1. The lowest BCUT2D eigenvalue weighted by Crippen LogP contribution is -2.29. The molecule has 0 radical (unpaired) electrons. The number of aromatic nitrogens is 2. The number of benzene rings is 1. The number of anilines is 1. The van der Waals surface area contributed by atoms with E-state index in [1.165, 1.54) is 6.07 Å². The quantitative estimate of drug-likeness (QED) is 0.814. The first-order chi connectivity index (χ1) is 10.5. The van der Waals surface area contributed by atoms with E-state index in [9.17, 15) is 4.39 Å². The van der Waals surface area contributed by atoms with E-state index in [0.29, 0.717) is 21.5 Å². The molecule has 0 saturated carbocycles. The normalized spacial score (nSPS) is 10.5. The summed E-state index contributed by atoms with van der Waals surface area (Å²) in [7, 11) is 0. The van der Waals surface area contributed by atoms with Crippen molar-refractivity contribution in [3.63, 3.8) is 0 Å². The Morgan fingerprint density at radius 2 is 2.23 bits per heavy atom. The largest absolute Gasteiger partial charge is 0.362 e. The fourth-order valence-electron chi connectivity index (χ4n) is 1.96. The average molecular weight is 341 g/mol. The van der Waals surface area contributed by atoms with Crippen LogP contribution in [0.15, 0.2) is 24.3 Å². The molecule has 0 aliphatic heterocycles. The third-order valence-electron chi connectivity index (χ3n) is 3.13. The van der Waals surface area contributed by atoms with Crippen molar-refractivity contribution in [1.29, 1.82) is 0 Å². The number of nitrogens with zero attached hydrogens (tertiary/aromatic N) is 2. The van der Waals surface area contributed by atoms with Gasteiger partial charge in [0.1, 0.15) is 5.82 Å². The van der Waals surface area contributed by atoms with Gasteiger partial charge in [-0.25, -0.2) is 4.39 Å². The first kappa shape index (κ1) is 16.7. The Balaban J connectivity index is 2.12. The summed E-state index contributed by atoms with van der Waals surface area (Å²) in [5.41, 5.74) is 1.31. The molecule has 0 amide bonds. The second kappa shape index (κ2) is 7.56. The van der Waals surface area contributed by atoms with E-state index in [1.807, 2.05) is 13.0 Å². The highest BCUT2D eigenvalue weighted by atomic mass is 35.5. The number of halogens is 2.